The third-order valence-corrected chi connectivity index (χ3v) is 17.4. The Morgan fingerprint density at radius 2 is 0.695 bits per heavy atom. The van der Waals surface area contributed by atoms with E-state index in [1.807, 2.05) is 6.08 Å². The number of allylic oxidation sites excluding steroid dienone is 5. The van der Waals surface area contributed by atoms with Crippen molar-refractivity contribution >= 4 is 5.91 Å². The second-order valence-corrected chi connectivity index (χ2v) is 25.4. The van der Waals surface area contributed by atoms with Gasteiger partial charge >= 0.3 is 0 Å². The smallest absolute Gasteiger partial charge is 0.220 e. The van der Waals surface area contributed by atoms with Crippen molar-refractivity contribution in [3.63, 3.8) is 0 Å². The topological polar surface area (TPSA) is 149 Å². The summed E-state index contributed by atoms with van der Waals surface area (Å²) in [6.07, 6.45) is 77.0. The first-order valence-corrected chi connectivity index (χ1v) is 36.2. The fourth-order valence-electron chi connectivity index (χ4n) is 11.8. The van der Waals surface area contributed by atoms with E-state index in [1.165, 1.54) is 308 Å². The van der Waals surface area contributed by atoms with Crippen molar-refractivity contribution in [1.82, 2.24) is 5.32 Å². The van der Waals surface area contributed by atoms with Crippen LogP contribution in [0.25, 0.3) is 0 Å². The molecule has 1 fully saturated rings. The highest BCUT2D eigenvalue weighted by atomic mass is 16.7. The van der Waals surface area contributed by atoms with Gasteiger partial charge in [0.05, 0.1) is 25.4 Å². The predicted molar refractivity (Wildman–Crippen MR) is 350 cm³/mol. The van der Waals surface area contributed by atoms with Gasteiger partial charge in [0.15, 0.2) is 6.29 Å². The molecule has 0 aromatic heterocycles. The summed E-state index contributed by atoms with van der Waals surface area (Å²) in [5.41, 5.74) is 0. The monoisotopic (exact) mass is 1160 g/mol. The number of amides is 1. The van der Waals surface area contributed by atoms with E-state index in [2.05, 4.69) is 43.5 Å². The molecule has 7 unspecified atom stereocenters. The number of carbonyl (C=O) groups excluding carboxylic acids is 1. The van der Waals surface area contributed by atoms with Crippen LogP contribution < -0.4 is 5.32 Å². The van der Waals surface area contributed by atoms with E-state index in [1.54, 1.807) is 6.08 Å². The number of hydrogen-bond donors (Lipinski definition) is 6. The molecular formula is C73H139NO8. The Hall–Kier alpha value is -1.59. The molecule has 1 aliphatic rings. The molecule has 1 rings (SSSR count). The Morgan fingerprint density at radius 3 is 1.02 bits per heavy atom. The molecule has 0 aliphatic carbocycles. The number of ether oxygens (including phenoxy) is 2. The quantitative estimate of drug-likeness (QED) is 0.0261. The number of carbonyl (C=O) groups is 1. The van der Waals surface area contributed by atoms with Crippen LogP contribution in [0.2, 0.25) is 0 Å². The first kappa shape index (κ1) is 78.4. The maximum Gasteiger partial charge on any atom is 0.220 e. The average molecular weight is 1160 g/mol. The van der Waals surface area contributed by atoms with Gasteiger partial charge in [0.25, 0.3) is 0 Å². The van der Waals surface area contributed by atoms with Gasteiger partial charge in [-0.1, -0.05) is 339 Å². The van der Waals surface area contributed by atoms with Gasteiger partial charge in [-0.05, 0) is 57.8 Å². The van der Waals surface area contributed by atoms with E-state index in [9.17, 15) is 30.3 Å². The van der Waals surface area contributed by atoms with Crippen molar-refractivity contribution in [2.45, 2.75) is 410 Å². The van der Waals surface area contributed by atoms with Crippen molar-refractivity contribution in [1.29, 1.82) is 0 Å². The second kappa shape index (κ2) is 62.5. The van der Waals surface area contributed by atoms with Crippen LogP contribution in [0, 0.1) is 0 Å². The standard InChI is InChI=1S/C73H139NO8/c1-3-5-7-9-11-13-15-17-19-21-23-25-27-29-30-31-32-33-34-35-36-37-38-39-41-43-45-47-49-51-53-55-57-59-61-63-69(77)74-66(65-81-73-72(80)71(79)70(78)68(64-75)82-73)67(76)62-60-58-56-54-52-50-48-46-44-42-40-28-26-24-22-20-18-16-14-12-10-8-6-4-2/h31-32,52,54,60,62,66-68,70-73,75-76,78-80H,3-30,33-51,53,55-59,61,63-65H2,1-2H3,(H,74,77)/b32-31-,54-52+,62-60+. The molecule has 1 heterocycles. The Labute approximate surface area is 508 Å². The first-order valence-electron chi connectivity index (χ1n) is 36.2. The molecule has 82 heavy (non-hydrogen) atoms. The summed E-state index contributed by atoms with van der Waals surface area (Å²) in [5.74, 6) is -0.180. The van der Waals surface area contributed by atoms with Crippen LogP contribution in [0.15, 0.2) is 36.5 Å². The fraction of sp³-hybridized carbons (Fsp3) is 0.904. The van der Waals surface area contributed by atoms with Crippen LogP contribution in [0.1, 0.15) is 367 Å². The lowest BCUT2D eigenvalue weighted by molar-refractivity contribution is -0.302. The van der Waals surface area contributed by atoms with Crippen LogP contribution in [-0.2, 0) is 14.3 Å². The summed E-state index contributed by atoms with van der Waals surface area (Å²) < 4.78 is 11.3. The third-order valence-electron chi connectivity index (χ3n) is 17.4. The van der Waals surface area contributed by atoms with E-state index in [4.69, 9.17) is 9.47 Å². The molecule has 7 atom stereocenters. The summed E-state index contributed by atoms with van der Waals surface area (Å²) in [6, 6.07) is -0.822. The van der Waals surface area contributed by atoms with Gasteiger partial charge in [-0.25, -0.2) is 0 Å². The van der Waals surface area contributed by atoms with Crippen molar-refractivity contribution in [2.24, 2.45) is 0 Å². The minimum absolute atomic E-state index is 0.180. The van der Waals surface area contributed by atoms with Crippen LogP contribution in [0.4, 0.5) is 0 Å². The zero-order valence-electron chi connectivity index (χ0n) is 54.3. The molecular weight excluding hydrogens is 1020 g/mol. The number of aliphatic hydroxyl groups is 5. The van der Waals surface area contributed by atoms with E-state index >= 15 is 0 Å². The molecule has 9 nitrogen and oxygen atoms in total. The molecule has 1 amide bonds. The van der Waals surface area contributed by atoms with Gasteiger partial charge in [0.2, 0.25) is 5.91 Å². The highest BCUT2D eigenvalue weighted by molar-refractivity contribution is 5.76. The Morgan fingerprint density at radius 1 is 0.402 bits per heavy atom. The fourth-order valence-corrected chi connectivity index (χ4v) is 11.8. The Balaban J connectivity index is 2.11. The number of hydrogen-bond acceptors (Lipinski definition) is 8. The zero-order valence-corrected chi connectivity index (χ0v) is 54.3. The van der Waals surface area contributed by atoms with Gasteiger partial charge < -0.3 is 40.3 Å². The molecule has 0 saturated carbocycles. The highest BCUT2D eigenvalue weighted by Crippen LogP contribution is 2.23. The van der Waals surface area contributed by atoms with Crippen molar-refractivity contribution in [3.05, 3.63) is 36.5 Å². The lowest BCUT2D eigenvalue weighted by Gasteiger charge is -2.40. The lowest BCUT2D eigenvalue weighted by atomic mass is 9.99. The van der Waals surface area contributed by atoms with E-state index < -0.39 is 49.5 Å². The molecule has 0 radical (unpaired) electrons. The number of unbranched alkanes of at least 4 members (excludes halogenated alkanes) is 50. The SMILES string of the molecule is CCCCCCCCCCCCCCCC/C=C\CCCCCCCCCCCCCCCCCCCC(=O)NC(COC1OC(CO)C(O)C(O)C1O)C(O)/C=C/CC/C=C/CCCCCCCCCCCCCCCCCCCC. The first-order chi connectivity index (χ1) is 40.3. The summed E-state index contributed by atoms with van der Waals surface area (Å²) in [5, 5.41) is 54.7. The molecule has 1 saturated heterocycles. The highest BCUT2D eigenvalue weighted by Gasteiger charge is 2.44. The van der Waals surface area contributed by atoms with E-state index in [0.717, 1.165) is 38.5 Å². The molecule has 1 aliphatic heterocycles. The Bertz CT molecular complexity index is 1390. The van der Waals surface area contributed by atoms with Gasteiger partial charge in [0.1, 0.15) is 24.4 Å². The second-order valence-electron chi connectivity index (χ2n) is 25.4. The van der Waals surface area contributed by atoms with Crippen LogP contribution >= 0.6 is 0 Å². The summed E-state index contributed by atoms with van der Waals surface area (Å²) in [7, 11) is 0. The molecule has 484 valence electrons. The summed E-state index contributed by atoms with van der Waals surface area (Å²) in [4.78, 5) is 13.1. The lowest BCUT2D eigenvalue weighted by Crippen LogP contribution is -2.60. The molecule has 0 aromatic rings. The van der Waals surface area contributed by atoms with E-state index in [-0.39, 0.29) is 12.5 Å². The minimum Gasteiger partial charge on any atom is -0.394 e. The zero-order chi connectivity index (χ0) is 59.3. The van der Waals surface area contributed by atoms with Crippen LogP contribution in [-0.4, -0.2) is 87.5 Å². The number of nitrogens with one attached hydrogen (secondary N) is 1. The molecule has 9 heteroatoms. The van der Waals surface area contributed by atoms with Gasteiger partial charge in [-0.15, -0.1) is 0 Å². The van der Waals surface area contributed by atoms with Crippen molar-refractivity contribution in [3.8, 4) is 0 Å². The summed E-state index contributed by atoms with van der Waals surface area (Å²) >= 11 is 0. The molecule has 0 spiro atoms. The number of rotatable bonds is 64. The maximum absolute atomic E-state index is 13.1. The van der Waals surface area contributed by atoms with Gasteiger partial charge in [-0.2, -0.15) is 0 Å². The van der Waals surface area contributed by atoms with Gasteiger partial charge in [0, 0.05) is 6.42 Å². The van der Waals surface area contributed by atoms with Gasteiger partial charge in [-0.3, -0.25) is 4.79 Å². The minimum atomic E-state index is -1.57. The van der Waals surface area contributed by atoms with Crippen LogP contribution in [0.5, 0.6) is 0 Å². The summed E-state index contributed by atoms with van der Waals surface area (Å²) in [6.45, 7) is 3.82. The van der Waals surface area contributed by atoms with Crippen molar-refractivity contribution in [2.75, 3.05) is 13.2 Å². The Kier molecular flexibility index (Phi) is 59.7. The largest absolute Gasteiger partial charge is 0.394 e. The van der Waals surface area contributed by atoms with E-state index in [0.29, 0.717) is 6.42 Å². The molecule has 0 aromatic carbocycles. The maximum atomic E-state index is 13.1. The normalized spacial score (nSPS) is 18.5. The average Bonchev–Trinajstić information content (AvgIpc) is 3.52. The molecule has 0 bridgehead atoms. The van der Waals surface area contributed by atoms with Crippen LogP contribution in [0.3, 0.4) is 0 Å². The van der Waals surface area contributed by atoms with Crippen molar-refractivity contribution < 1.29 is 39.8 Å². The number of aliphatic hydroxyl groups excluding tert-OH is 5. The third kappa shape index (κ3) is 50.6. The predicted octanol–water partition coefficient (Wildman–Crippen LogP) is 19.8. The molecule has 6 N–H and O–H groups in total.